The Balaban J connectivity index is 2.29. The molecule has 0 fully saturated rings. The van der Waals surface area contributed by atoms with E-state index in [-0.39, 0.29) is 5.75 Å². The van der Waals surface area contributed by atoms with Crippen LogP contribution < -0.4 is 0 Å². The van der Waals surface area contributed by atoms with Crippen molar-refractivity contribution in [1.82, 2.24) is 0 Å². The summed E-state index contributed by atoms with van der Waals surface area (Å²) in [5, 5.41) is 10.2. The Morgan fingerprint density at radius 1 is 1.18 bits per heavy atom. The average Bonchev–Trinajstić information content (AvgIpc) is 2.30. The summed E-state index contributed by atoms with van der Waals surface area (Å²) >= 11 is 8.25. The predicted octanol–water partition coefficient (Wildman–Crippen LogP) is 4.40. The Morgan fingerprint density at radius 3 is 2.65 bits per heavy atom. The van der Waals surface area contributed by atoms with Gasteiger partial charge in [-0.3, -0.25) is 4.99 Å². The molecule has 0 atom stereocenters. The molecule has 1 N–H and O–H groups in total. The molecule has 2 rings (SSSR count). The molecule has 0 amide bonds. The number of aromatic hydroxyl groups is 1. The van der Waals surface area contributed by atoms with E-state index < -0.39 is 0 Å². The molecule has 0 spiro atoms. The highest BCUT2D eigenvalue weighted by atomic mass is 127. The maximum atomic E-state index is 9.58. The third-order valence-corrected chi connectivity index (χ3v) is 3.16. The summed E-state index contributed by atoms with van der Waals surface area (Å²) in [5.41, 5.74) is 1.36. The van der Waals surface area contributed by atoms with Gasteiger partial charge >= 0.3 is 0 Å². The van der Waals surface area contributed by atoms with Crippen LogP contribution in [0.15, 0.2) is 47.5 Å². The van der Waals surface area contributed by atoms with Crippen molar-refractivity contribution < 1.29 is 5.11 Å². The number of halogens is 2. The predicted molar refractivity (Wildman–Crippen MR) is 79.5 cm³/mol. The smallest absolute Gasteiger partial charge is 0.124 e. The Labute approximate surface area is 118 Å². The molecular formula is C13H9ClINO. The van der Waals surface area contributed by atoms with Crippen LogP contribution in [0.25, 0.3) is 0 Å². The van der Waals surface area contributed by atoms with Gasteiger partial charge in [-0.05, 0) is 52.9 Å². The second-order valence-corrected chi connectivity index (χ2v) is 5.07. The molecule has 0 heterocycles. The quantitative estimate of drug-likeness (QED) is 0.627. The summed E-state index contributed by atoms with van der Waals surface area (Å²) in [7, 11) is 0. The monoisotopic (exact) mass is 357 g/mol. The van der Waals surface area contributed by atoms with Crippen LogP contribution in [-0.4, -0.2) is 11.3 Å². The average molecular weight is 358 g/mol. The first-order valence-electron chi connectivity index (χ1n) is 4.94. The number of benzene rings is 2. The van der Waals surface area contributed by atoms with Gasteiger partial charge in [0.05, 0.1) is 10.7 Å². The van der Waals surface area contributed by atoms with Crippen molar-refractivity contribution in [3.63, 3.8) is 0 Å². The summed E-state index contributed by atoms with van der Waals surface area (Å²) in [6, 6.07) is 12.7. The van der Waals surface area contributed by atoms with Crippen LogP contribution in [0.1, 0.15) is 5.56 Å². The van der Waals surface area contributed by atoms with E-state index >= 15 is 0 Å². The molecule has 0 aliphatic rings. The molecule has 0 saturated heterocycles. The highest BCUT2D eigenvalue weighted by Crippen LogP contribution is 2.26. The topological polar surface area (TPSA) is 32.6 Å². The van der Waals surface area contributed by atoms with Gasteiger partial charge in [-0.15, -0.1) is 0 Å². The summed E-state index contributed by atoms with van der Waals surface area (Å²) in [6.45, 7) is 0. The Morgan fingerprint density at radius 2 is 1.94 bits per heavy atom. The van der Waals surface area contributed by atoms with Crippen molar-refractivity contribution in [1.29, 1.82) is 0 Å². The second-order valence-electron chi connectivity index (χ2n) is 3.41. The van der Waals surface area contributed by atoms with E-state index in [0.29, 0.717) is 16.3 Å². The SMILES string of the molecule is Oc1ccccc1C=Nc1ccc(I)cc1Cl. The molecule has 4 heteroatoms. The lowest BCUT2D eigenvalue weighted by molar-refractivity contribution is 0.474. The minimum atomic E-state index is 0.206. The number of phenolic OH excluding ortho intramolecular Hbond substituents is 1. The molecule has 17 heavy (non-hydrogen) atoms. The molecule has 0 aliphatic carbocycles. The molecule has 0 aliphatic heterocycles. The molecular weight excluding hydrogens is 349 g/mol. The molecule has 2 aromatic rings. The highest BCUT2D eigenvalue weighted by molar-refractivity contribution is 14.1. The summed E-state index contributed by atoms with van der Waals surface area (Å²) in [4.78, 5) is 4.26. The van der Waals surface area contributed by atoms with Crippen molar-refractivity contribution in [3.05, 3.63) is 56.6 Å². The molecule has 0 unspecified atom stereocenters. The minimum Gasteiger partial charge on any atom is -0.507 e. The van der Waals surface area contributed by atoms with Crippen LogP contribution in [0.2, 0.25) is 5.02 Å². The van der Waals surface area contributed by atoms with E-state index in [9.17, 15) is 5.11 Å². The molecule has 2 aromatic carbocycles. The maximum Gasteiger partial charge on any atom is 0.124 e. The first-order chi connectivity index (χ1) is 8.16. The van der Waals surface area contributed by atoms with Gasteiger partial charge in [0.2, 0.25) is 0 Å². The summed E-state index contributed by atoms with van der Waals surface area (Å²) in [5.74, 6) is 0.206. The van der Waals surface area contributed by atoms with Crippen LogP contribution in [-0.2, 0) is 0 Å². The van der Waals surface area contributed by atoms with Gasteiger partial charge in [0.1, 0.15) is 5.75 Å². The lowest BCUT2D eigenvalue weighted by Gasteiger charge is -2.00. The van der Waals surface area contributed by atoms with Crippen molar-refractivity contribution in [3.8, 4) is 5.75 Å². The molecule has 0 aromatic heterocycles. The molecule has 0 saturated carbocycles. The fourth-order valence-electron chi connectivity index (χ4n) is 1.32. The third kappa shape index (κ3) is 3.20. The number of rotatable bonds is 2. The molecule has 2 nitrogen and oxygen atoms in total. The van der Waals surface area contributed by atoms with Crippen molar-refractivity contribution in [2.45, 2.75) is 0 Å². The maximum absolute atomic E-state index is 9.58. The number of nitrogens with zero attached hydrogens (tertiary/aromatic N) is 1. The zero-order chi connectivity index (χ0) is 12.3. The lowest BCUT2D eigenvalue weighted by atomic mass is 10.2. The van der Waals surface area contributed by atoms with E-state index in [0.717, 1.165) is 3.57 Å². The van der Waals surface area contributed by atoms with E-state index in [1.165, 1.54) is 0 Å². The van der Waals surface area contributed by atoms with E-state index in [1.807, 2.05) is 24.3 Å². The van der Waals surface area contributed by atoms with Crippen LogP contribution in [0.3, 0.4) is 0 Å². The van der Waals surface area contributed by atoms with Crippen LogP contribution in [0, 0.1) is 3.57 Å². The summed E-state index contributed by atoms with van der Waals surface area (Å²) < 4.78 is 1.06. The van der Waals surface area contributed by atoms with E-state index in [1.54, 1.807) is 24.4 Å². The van der Waals surface area contributed by atoms with Gasteiger partial charge in [-0.25, -0.2) is 0 Å². The highest BCUT2D eigenvalue weighted by Gasteiger charge is 1.99. The van der Waals surface area contributed by atoms with Crippen molar-refractivity contribution in [2.24, 2.45) is 4.99 Å². The van der Waals surface area contributed by atoms with E-state index in [4.69, 9.17) is 11.6 Å². The van der Waals surface area contributed by atoms with Gasteiger partial charge in [0, 0.05) is 15.3 Å². The number of phenols is 1. The molecule has 0 bridgehead atoms. The first kappa shape index (κ1) is 12.4. The minimum absolute atomic E-state index is 0.206. The summed E-state index contributed by atoms with van der Waals surface area (Å²) in [6.07, 6.45) is 1.60. The first-order valence-corrected chi connectivity index (χ1v) is 6.39. The number of aliphatic imine (C=N–C) groups is 1. The lowest BCUT2D eigenvalue weighted by Crippen LogP contribution is -1.81. The van der Waals surface area contributed by atoms with E-state index in [2.05, 4.69) is 27.6 Å². The molecule has 0 radical (unpaired) electrons. The normalized spacial score (nSPS) is 10.9. The zero-order valence-electron chi connectivity index (χ0n) is 8.77. The van der Waals surface area contributed by atoms with Crippen LogP contribution >= 0.6 is 34.2 Å². The van der Waals surface area contributed by atoms with Gasteiger partial charge in [-0.1, -0.05) is 23.7 Å². The van der Waals surface area contributed by atoms with Crippen LogP contribution in [0.5, 0.6) is 5.75 Å². The molecule has 86 valence electrons. The second kappa shape index (κ2) is 5.51. The third-order valence-electron chi connectivity index (χ3n) is 2.19. The Kier molecular flexibility index (Phi) is 4.02. The number of hydrogen-bond acceptors (Lipinski definition) is 2. The fraction of sp³-hybridized carbons (Fsp3) is 0. The Hall–Kier alpha value is -1.07. The Bertz CT molecular complexity index is 569. The van der Waals surface area contributed by atoms with Crippen molar-refractivity contribution in [2.75, 3.05) is 0 Å². The van der Waals surface area contributed by atoms with Gasteiger partial charge in [-0.2, -0.15) is 0 Å². The number of para-hydroxylation sites is 1. The van der Waals surface area contributed by atoms with Gasteiger partial charge < -0.3 is 5.11 Å². The largest absolute Gasteiger partial charge is 0.507 e. The zero-order valence-corrected chi connectivity index (χ0v) is 11.7. The number of hydrogen-bond donors (Lipinski definition) is 1. The van der Waals surface area contributed by atoms with Gasteiger partial charge in [0.25, 0.3) is 0 Å². The van der Waals surface area contributed by atoms with Gasteiger partial charge in [0.15, 0.2) is 0 Å². The standard InChI is InChI=1S/C13H9ClINO/c14-11-7-10(15)5-6-12(11)16-8-9-3-1-2-4-13(9)17/h1-8,17H. The van der Waals surface area contributed by atoms with Crippen LogP contribution in [0.4, 0.5) is 5.69 Å². The fourth-order valence-corrected chi connectivity index (χ4v) is 2.23. The van der Waals surface area contributed by atoms with Crippen molar-refractivity contribution >= 4 is 46.1 Å².